The van der Waals surface area contributed by atoms with Crippen molar-refractivity contribution in [3.05, 3.63) is 0 Å². The molecule has 1 aliphatic rings. The quantitative estimate of drug-likeness (QED) is 0.570. The van der Waals surface area contributed by atoms with Gasteiger partial charge in [0.2, 0.25) is 5.91 Å². The molecule has 1 rings (SSSR count). The summed E-state index contributed by atoms with van der Waals surface area (Å²) < 4.78 is 4.84. The smallest absolute Gasteiger partial charge is 0.407 e. The monoisotopic (exact) mass is 376 g/mol. The van der Waals surface area contributed by atoms with E-state index in [-0.39, 0.29) is 18.2 Å². The van der Waals surface area contributed by atoms with Crippen LogP contribution in [0.15, 0.2) is 0 Å². The number of carbonyl (C=O) groups excluding carboxylic acids is 2. The molecule has 0 bridgehead atoms. The zero-order valence-electron chi connectivity index (χ0n) is 17.8. The highest BCUT2D eigenvalue weighted by Gasteiger charge is 2.16. The Morgan fingerprint density at radius 2 is 1.62 bits per heavy atom. The lowest BCUT2D eigenvalue weighted by atomic mass is 10.2. The SMILES string of the molecule is CC.CCCCCC(=O)N1CCCC1.CNC(=O)OC(C)(C)C.O=CO. The van der Waals surface area contributed by atoms with Gasteiger partial charge < -0.3 is 20.1 Å². The number of alkyl carbamates (subject to hydrolysis) is 1. The van der Waals surface area contributed by atoms with Gasteiger partial charge in [-0.2, -0.15) is 0 Å². The maximum Gasteiger partial charge on any atom is 0.407 e. The van der Waals surface area contributed by atoms with E-state index in [1.807, 2.05) is 39.5 Å². The molecule has 1 heterocycles. The Morgan fingerprint density at radius 1 is 1.15 bits per heavy atom. The Labute approximate surface area is 159 Å². The lowest BCUT2D eigenvalue weighted by Gasteiger charge is -2.18. The van der Waals surface area contributed by atoms with Gasteiger partial charge in [-0.15, -0.1) is 0 Å². The van der Waals surface area contributed by atoms with Crippen LogP contribution in [0.2, 0.25) is 0 Å². The first kappa shape index (κ1) is 29.0. The number of nitrogens with zero attached hydrogens (tertiary/aromatic N) is 1. The van der Waals surface area contributed by atoms with Crippen molar-refractivity contribution < 1.29 is 24.2 Å². The number of amides is 2. The summed E-state index contributed by atoms with van der Waals surface area (Å²) in [6, 6.07) is 0. The summed E-state index contributed by atoms with van der Waals surface area (Å²) in [7, 11) is 1.54. The fourth-order valence-electron chi connectivity index (χ4n) is 1.98. The Bertz CT molecular complexity index is 348. The summed E-state index contributed by atoms with van der Waals surface area (Å²) in [5.41, 5.74) is -0.389. The predicted octanol–water partition coefficient (Wildman–Crippen LogP) is 4.06. The average Bonchev–Trinajstić information content (AvgIpc) is 3.11. The number of carbonyl (C=O) groups is 3. The fraction of sp³-hybridized carbons (Fsp3) is 0.842. The second kappa shape index (κ2) is 19.5. The lowest BCUT2D eigenvalue weighted by molar-refractivity contribution is -0.130. The first-order valence-corrected chi connectivity index (χ1v) is 9.48. The van der Waals surface area contributed by atoms with Gasteiger partial charge in [0.05, 0.1) is 0 Å². The molecule has 26 heavy (non-hydrogen) atoms. The van der Waals surface area contributed by atoms with Gasteiger partial charge in [0.15, 0.2) is 0 Å². The van der Waals surface area contributed by atoms with Crippen molar-refractivity contribution in [2.45, 2.75) is 85.7 Å². The van der Waals surface area contributed by atoms with Crippen LogP contribution < -0.4 is 5.32 Å². The van der Waals surface area contributed by atoms with Gasteiger partial charge >= 0.3 is 6.09 Å². The van der Waals surface area contributed by atoms with Crippen LogP contribution in [0.5, 0.6) is 0 Å². The molecule has 7 nitrogen and oxygen atoms in total. The van der Waals surface area contributed by atoms with Gasteiger partial charge in [0, 0.05) is 26.6 Å². The topological polar surface area (TPSA) is 95.9 Å². The molecule has 2 N–H and O–H groups in total. The summed E-state index contributed by atoms with van der Waals surface area (Å²) in [6.45, 7) is 13.4. The Hall–Kier alpha value is -1.79. The minimum Gasteiger partial charge on any atom is -0.483 e. The van der Waals surface area contributed by atoms with E-state index >= 15 is 0 Å². The Kier molecular flexibility index (Phi) is 21.8. The lowest BCUT2D eigenvalue weighted by Crippen LogP contribution is -2.30. The fourth-order valence-corrected chi connectivity index (χ4v) is 1.98. The van der Waals surface area contributed by atoms with Crippen LogP contribution >= 0.6 is 0 Å². The molecule has 0 aromatic carbocycles. The molecule has 0 unspecified atom stereocenters. The zero-order valence-corrected chi connectivity index (χ0v) is 17.8. The minimum atomic E-state index is -0.389. The number of unbranched alkanes of at least 4 members (excludes halogenated alkanes) is 2. The van der Waals surface area contributed by atoms with Crippen LogP contribution in [0, 0.1) is 0 Å². The molecule has 0 radical (unpaired) electrons. The Morgan fingerprint density at radius 3 is 1.92 bits per heavy atom. The predicted molar refractivity (Wildman–Crippen MR) is 105 cm³/mol. The molecule has 156 valence electrons. The molecule has 0 aliphatic carbocycles. The largest absolute Gasteiger partial charge is 0.483 e. The third-order valence-corrected chi connectivity index (χ3v) is 3.06. The maximum absolute atomic E-state index is 11.4. The first-order valence-electron chi connectivity index (χ1n) is 9.48. The average molecular weight is 377 g/mol. The highest BCUT2D eigenvalue weighted by atomic mass is 16.6. The molecule has 0 spiro atoms. The van der Waals surface area contributed by atoms with Crippen molar-refractivity contribution in [3.8, 4) is 0 Å². The highest BCUT2D eigenvalue weighted by molar-refractivity contribution is 5.76. The van der Waals surface area contributed by atoms with Crippen LogP contribution in [0.1, 0.15) is 80.1 Å². The van der Waals surface area contributed by atoms with E-state index in [2.05, 4.69) is 12.2 Å². The number of rotatable bonds is 4. The van der Waals surface area contributed by atoms with Crippen LogP contribution in [0.4, 0.5) is 4.79 Å². The van der Waals surface area contributed by atoms with Crippen molar-refractivity contribution in [2.75, 3.05) is 20.1 Å². The molecule has 0 aromatic rings. The van der Waals surface area contributed by atoms with Crippen molar-refractivity contribution >= 4 is 18.5 Å². The third-order valence-electron chi connectivity index (χ3n) is 3.06. The van der Waals surface area contributed by atoms with E-state index in [1.165, 1.54) is 32.7 Å². The van der Waals surface area contributed by atoms with Crippen molar-refractivity contribution in [3.63, 3.8) is 0 Å². The standard InChI is InChI=1S/C10H19NO.C6H13NO2.C2H6.CH2O2/c1-2-3-4-7-10(12)11-8-5-6-9-11;1-6(2,3)9-5(8)7-4;1-2;2-1-3/h2-9H2,1H3;1-4H3,(H,7,8);1-2H3;1H,(H,2,3). The number of carboxylic acid groups (broad SMARTS) is 1. The summed E-state index contributed by atoms with van der Waals surface area (Å²) >= 11 is 0. The van der Waals surface area contributed by atoms with Gasteiger partial charge in [-0.05, 0) is 40.0 Å². The molecule has 1 saturated heterocycles. The Balaban J connectivity index is -0.000000335. The van der Waals surface area contributed by atoms with Crippen molar-refractivity contribution in [1.82, 2.24) is 10.2 Å². The van der Waals surface area contributed by atoms with E-state index in [0.717, 1.165) is 25.9 Å². The molecule has 1 fully saturated rings. The number of nitrogens with one attached hydrogen (secondary N) is 1. The van der Waals surface area contributed by atoms with Crippen LogP contribution in [0.25, 0.3) is 0 Å². The van der Waals surface area contributed by atoms with Crippen molar-refractivity contribution in [2.24, 2.45) is 0 Å². The molecule has 0 saturated carbocycles. The molecule has 7 heteroatoms. The number of hydrogen-bond acceptors (Lipinski definition) is 4. The summed E-state index contributed by atoms with van der Waals surface area (Å²) in [4.78, 5) is 32.3. The summed E-state index contributed by atoms with van der Waals surface area (Å²) in [5.74, 6) is 0.376. The van der Waals surface area contributed by atoms with Crippen molar-refractivity contribution in [1.29, 1.82) is 0 Å². The summed E-state index contributed by atoms with van der Waals surface area (Å²) in [5, 5.41) is 9.25. The summed E-state index contributed by atoms with van der Waals surface area (Å²) in [6.07, 6.45) is 6.27. The number of likely N-dealkylation sites (tertiary alicyclic amines) is 1. The van der Waals surface area contributed by atoms with E-state index in [0.29, 0.717) is 5.91 Å². The zero-order chi connectivity index (χ0) is 21.0. The van der Waals surface area contributed by atoms with E-state index in [4.69, 9.17) is 14.6 Å². The maximum atomic E-state index is 11.4. The number of hydrogen-bond donors (Lipinski definition) is 2. The molecule has 1 aliphatic heterocycles. The first-order chi connectivity index (χ1) is 12.2. The van der Waals surface area contributed by atoms with Crippen LogP contribution in [0.3, 0.4) is 0 Å². The van der Waals surface area contributed by atoms with Gasteiger partial charge in [-0.25, -0.2) is 4.79 Å². The molecule has 0 atom stereocenters. The van der Waals surface area contributed by atoms with E-state index < -0.39 is 0 Å². The molecule has 0 aromatic heterocycles. The second-order valence-corrected chi connectivity index (χ2v) is 6.40. The second-order valence-electron chi connectivity index (χ2n) is 6.40. The van der Waals surface area contributed by atoms with Crippen LogP contribution in [-0.2, 0) is 14.3 Å². The van der Waals surface area contributed by atoms with Gasteiger partial charge in [0.25, 0.3) is 6.47 Å². The van der Waals surface area contributed by atoms with E-state index in [9.17, 15) is 9.59 Å². The molecular formula is C19H40N2O5. The van der Waals surface area contributed by atoms with Gasteiger partial charge in [-0.1, -0.05) is 33.6 Å². The van der Waals surface area contributed by atoms with Crippen LogP contribution in [-0.4, -0.2) is 54.2 Å². The highest BCUT2D eigenvalue weighted by Crippen LogP contribution is 2.10. The van der Waals surface area contributed by atoms with Gasteiger partial charge in [0.1, 0.15) is 5.60 Å². The molecular weight excluding hydrogens is 336 g/mol. The van der Waals surface area contributed by atoms with Gasteiger partial charge in [-0.3, -0.25) is 9.59 Å². The molecule has 2 amide bonds. The minimum absolute atomic E-state index is 0.250. The van der Waals surface area contributed by atoms with E-state index in [1.54, 1.807) is 0 Å². The number of ether oxygens (including phenoxy) is 1. The normalized spacial score (nSPS) is 12.2. The third kappa shape index (κ3) is 22.2.